The Morgan fingerprint density at radius 3 is 2.50 bits per heavy atom. The lowest BCUT2D eigenvalue weighted by Gasteiger charge is -2.14. The van der Waals surface area contributed by atoms with Gasteiger partial charge in [-0.15, -0.1) is 5.10 Å². The van der Waals surface area contributed by atoms with Gasteiger partial charge in [0.25, 0.3) is 0 Å². The number of hydrogen-bond acceptors (Lipinski definition) is 3. The predicted molar refractivity (Wildman–Crippen MR) is 47.1 cm³/mol. The molecule has 0 radical (unpaired) electrons. The summed E-state index contributed by atoms with van der Waals surface area (Å²) >= 11 is 0. The smallest absolute Gasteiger partial charge is 0.143 e. The Morgan fingerprint density at radius 1 is 1.17 bits per heavy atom. The number of hydrogen-bond donors (Lipinski definition) is 0. The first-order valence-electron chi connectivity index (χ1n) is 3.83. The Hall–Kier alpha value is -1.51. The number of rotatable bonds is 1. The Bertz CT molecular complexity index is 315. The fraction of sp³-hybridized carbons (Fsp3) is 0.222. The van der Waals surface area contributed by atoms with Gasteiger partial charge in [0.2, 0.25) is 0 Å². The highest BCUT2D eigenvalue weighted by Crippen LogP contribution is 2.26. The first kappa shape index (κ1) is 7.16. The Labute approximate surface area is 70.8 Å². The maximum Gasteiger partial charge on any atom is 0.143 e. The van der Waals surface area contributed by atoms with Crippen LogP contribution in [0.2, 0.25) is 0 Å². The quantitative estimate of drug-likeness (QED) is 0.603. The molecule has 2 rings (SSSR count). The van der Waals surface area contributed by atoms with Crippen molar-refractivity contribution < 1.29 is 0 Å². The summed E-state index contributed by atoms with van der Waals surface area (Å²) in [7, 11) is 0. The van der Waals surface area contributed by atoms with Crippen LogP contribution >= 0.6 is 0 Å². The summed E-state index contributed by atoms with van der Waals surface area (Å²) in [6.45, 7) is 1.99. The lowest BCUT2D eigenvalue weighted by atomic mass is 9.95. The molecule has 1 heterocycles. The molecule has 0 aliphatic carbocycles. The summed E-state index contributed by atoms with van der Waals surface area (Å²) in [4.78, 5) is 0. The van der Waals surface area contributed by atoms with E-state index in [-0.39, 0.29) is 5.54 Å². The van der Waals surface area contributed by atoms with E-state index in [2.05, 4.69) is 15.4 Å². The highest BCUT2D eigenvalue weighted by Gasteiger charge is 2.26. The molecule has 1 atom stereocenters. The SMILES string of the molecule is CC1(c2ccccc2)C=NN=N1. The molecule has 0 amide bonds. The Kier molecular flexibility index (Phi) is 1.50. The van der Waals surface area contributed by atoms with E-state index in [1.165, 1.54) is 0 Å². The molecule has 0 saturated heterocycles. The van der Waals surface area contributed by atoms with Crippen LogP contribution in [0.5, 0.6) is 0 Å². The Morgan fingerprint density at radius 2 is 1.92 bits per heavy atom. The fourth-order valence-electron chi connectivity index (χ4n) is 1.19. The van der Waals surface area contributed by atoms with Crippen LogP contribution in [-0.4, -0.2) is 6.21 Å². The van der Waals surface area contributed by atoms with Gasteiger partial charge in [0, 0.05) is 0 Å². The molecule has 1 aromatic carbocycles. The molecular weight excluding hydrogens is 150 g/mol. The maximum absolute atomic E-state index is 4.04. The molecule has 60 valence electrons. The average Bonchev–Trinajstić information content (AvgIpc) is 2.55. The summed E-state index contributed by atoms with van der Waals surface area (Å²) in [5.74, 6) is 0. The summed E-state index contributed by atoms with van der Waals surface area (Å²) in [6.07, 6.45) is 1.75. The van der Waals surface area contributed by atoms with Crippen molar-refractivity contribution in [1.29, 1.82) is 0 Å². The van der Waals surface area contributed by atoms with Crippen LogP contribution in [0.1, 0.15) is 12.5 Å². The lowest BCUT2D eigenvalue weighted by molar-refractivity contribution is 0.671. The standard InChI is InChI=1S/C9H9N3/c1-9(7-10-12-11-9)8-5-3-2-4-6-8/h2-7H,1H3. The van der Waals surface area contributed by atoms with E-state index in [1.54, 1.807) is 6.21 Å². The number of benzene rings is 1. The molecule has 1 unspecified atom stereocenters. The van der Waals surface area contributed by atoms with Gasteiger partial charge in [-0.05, 0) is 17.7 Å². The molecule has 0 N–H and O–H groups in total. The van der Waals surface area contributed by atoms with Gasteiger partial charge in [-0.3, -0.25) is 0 Å². The third-order valence-corrected chi connectivity index (χ3v) is 1.97. The first-order valence-corrected chi connectivity index (χ1v) is 3.83. The topological polar surface area (TPSA) is 37.1 Å². The largest absolute Gasteiger partial charge is 0.152 e. The van der Waals surface area contributed by atoms with Gasteiger partial charge in [0.15, 0.2) is 0 Å². The second-order valence-corrected chi connectivity index (χ2v) is 2.95. The van der Waals surface area contributed by atoms with E-state index in [0.717, 1.165) is 5.56 Å². The zero-order valence-corrected chi connectivity index (χ0v) is 6.81. The van der Waals surface area contributed by atoms with Crippen molar-refractivity contribution in [2.45, 2.75) is 12.5 Å². The van der Waals surface area contributed by atoms with Crippen LogP contribution in [-0.2, 0) is 5.54 Å². The van der Waals surface area contributed by atoms with Crippen molar-refractivity contribution >= 4 is 6.21 Å². The van der Waals surface area contributed by atoms with Gasteiger partial charge in [0.05, 0.1) is 6.21 Å². The molecule has 0 aromatic heterocycles. The second kappa shape index (κ2) is 2.52. The van der Waals surface area contributed by atoms with Gasteiger partial charge in [-0.1, -0.05) is 30.3 Å². The average molecular weight is 159 g/mol. The zero-order valence-electron chi connectivity index (χ0n) is 6.81. The summed E-state index contributed by atoms with van der Waals surface area (Å²) in [6, 6.07) is 10.0. The van der Waals surface area contributed by atoms with E-state index in [0.29, 0.717) is 0 Å². The summed E-state index contributed by atoms with van der Waals surface area (Å²) in [5, 5.41) is 11.4. The van der Waals surface area contributed by atoms with E-state index in [1.807, 2.05) is 37.3 Å². The molecule has 1 aliphatic rings. The van der Waals surface area contributed by atoms with Crippen LogP contribution < -0.4 is 0 Å². The van der Waals surface area contributed by atoms with Gasteiger partial charge < -0.3 is 0 Å². The normalized spacial score (nSPS) is 26.4. The first-order chi connectivity index (χ1) is 5.81. The van der Waals surface area contributed by atoms with Crippen LogP contribution in [0.3, 0.4) is 0 Å². The molecule has 1 aliphatic heterocycles. The van der Waals surface area contributed by atoms with Crippen molar-refractivity contribution in [2.75, 3.05) is 0 Å². The maximum atomic E-state index is 4.04. The molecule has 0 saturated carbocycles. The monoisotopic (exact) mass is 159 g/mol. The summed E-state index contributed by atoms with van der Waals surface area (Å²) in [5.41, 5.74) is 0.774. The highest BCUT2D eigenvalue weighted by atomic mass is 15.4. The van der Waals surface area contributed by atoms with E-state index < -0.39 is 0 Å². The van der Waals surface area contributed by atoms with Crippen LogP contribution in [0.4, 0.5) is 0 Å². The minimum absolute atomic E-state index is 0.346. The minimum Gasteiger partial charge on any atom is -0.152 e. The van der Waals surface area contributed by atoms with Gasteiger partial charge >= 0.3 is 0 Å². The molecule has 0 fully saturated rings. The molecule has 12 heavy (non-hydrogen) atoms. The van der Waals surface area contributed by atoms with E-state index in [9.17, 15) is 0 Å². The van der Waals surface area contributed by atoms with Crippen LogP contribution in [0.15, 0.2) is 45.8 Å². The van der Waals surface area contributed by atoms with Crippen molar-refractivity contribution in [2.24, 2.45) is 15.4 Å². The van der Waals surface area contributed by atoms with E-state index >= 15 is 0 Å². The summed E-state index contributed by atoms with van der Waals surface area (Å²) < 4.78 is 0. The van der Waals surface area contributed by atoms with E-state index in [4.69, 9.17) is 0 Å². The van der Waals surface area contributed by atoms with Crippen molar-refractivity contribution in [3.63, 3.8) is 0 Å². The molecule has 0 spiro atoms. The predicted octanol–water partition coefficient (Wildman–Crippen LogP) is 2.35. The van der Waals surface area contributed by atoms with Gasteiger partial charge in [-0.2, -0.15) is 5.11 Å². The van der Waals surface area contributed by atoms with Crippen molar-refractivity contribution in [3.8, 4) is 0 Å². The Balaban J connectivity index is 2.43. The van der Waals surface area contributed by atoms with Crippen molar-refractivity contribution in [1.82, 2.24) is 0 Å². The molecule has 3 heteroatoms. The second-order valence-electron chi connectivity index (χ2n) is 2.95. The van der Waals surface area contributed by atoms with Crippen LogP contribution in [0.25, 0.3) is 0 Å². The zero-order chi connectivity index (χ0) is 8.44. The molecule has 1 aromatic rings. The van der Waals surface area contributed by atoms with Gasteiger partial charge in [0.1, 0.15) is 5.54 Å². The fourth-order valence-corrected chi connectivity index (χ4v) is 1.19. The van der Waals surface area contributed by atoms with Crippen LogP contribution in [0, 0.1) is 0 Å². The van der Waals surface area contributed by atoms with Crippen molar-refractivity contribution in [3.05, 3.63) is 35.9 Å². The highest BCUT2D eigenvalue weighted by molar-refractivity contribution is 5.73. The molecule has 0 bridgehead atoms. The molecular formula is C9H9N3. The van der Waals surface area contributed by atoms with Gasteiger partial charge in [-0.25, -0.2) is 0 Å². The third kappa shape index (κ3) is 1.03. The minimum atomic E-state index is -0.346. The number of nitrogens with zero attached hydrogens (tertiary/aromatic N) is 3. The molecule has 3 nitrogen and oxygen atoms in total. The lowest BCUT2D eigenvalue weighted by Crippen LogP contribution is -2.17. The third-order valence-electron chi connectivity index (χ3n) is 1.97.